The number of benzene rings is 1. The minimum absolute atomic E-state index is 0.0435. The molecule has 0 saturated heterocycles. The van der Waals surface area contributed by atoms with Gasteiger partial charge in [-0.15, -0.1) is 0 Å². The molecular formula is C12H13F4N3O. The maximum absolute atomic E-state index is 14.0. The fourth-order valence-electron chi connectivity index (χ4n) is 2.18. The zero-order chi connectivity index (χ0) is 15.1. The van der Waals surface area contributed by atoms with Crippen LogP contribution in [0.5, 0.6) is 0 Å². The first-order valence-electron chi connectivity index (χ1n) is 5.76. The molecule has 2 rings (SSSR count). The average Bonchev–Trinajstić information content (AvgIpc) is 2.30. The van der Waals surface area contributed by atoms with E-state index in [4.69, 9.17) is 11.5 Å². The molecule has 0 bridgehead atoms. The van der Waals surface area contributed by atoms with Gasteiger partial charge in [0.1, 0.15) is 0 Å². The highest BCUT2D eigenvalue weighted by molar-refractivity contribution is 5.73. The average molecular weight is 291 g/mol. The lowest BCUT2D eigenvalue weighted by molar-refractivity contribution is -0.208. The summed E-state index contributed by atoms with van der Waals surface area (Å²) in [6, 6.07) is 3.47. The first-order chi connectivity index (χ1) is 9.13. The van der Waals surface area contributed by atoms with Gasteiger partial charge in [-0.05, 0) is 13.0 Å². The van der Waals surface area contributed by atoms with Crippen LogP contribution in [0.1, 0.15) is 18.9 Å². The number of halogens is 4. The van der Waals surface area contributed by atoms with Gasteiger partial charge >= 0.3 is 6.18 Å². The van der Waals surface area contributed by atoms with E-state index < -0.39 is 36.1 Å². The fraction of sp³-hybridized carbons (Fsp3) is 0.417. The number of nitrogens with two attached hydrogens (primary N) is 2. The van der Waals surface area contributed by atoms with E-state index in [1.54, 1.807) is 0 Å². The molecule has 1 aliphatic rings. The molecule has 0 aromatic heterocycles. The third-order valence-electron chi connectivity index (χ3n) is 3.18. The second-order valence-electron chi connectivity index (χ2n) is 4.78. The van der Waals surface area contributed by atoms with Crippen LogP contribution >= 0.6 is 0 Å². The number of hydrogen-bond donors (Lipinski definition) is 2. The monoisotopic (exact) mass is 291 g/mol. The molecule has 2 unspecified atom stereocenters. The van der Waals surface area contributed by atoms with E-state index in [1.807, 2.05) is 0 Å². The van der Waals surface area contributed by atoms with Crippen LogP contribution in [0.15, 0.2) is 23.2 Å². The molecule has 1 heterocycles. The second-order valence-corrected chi connectivity index (χ2v) is 4.78. The highest BCUT2D eigenvalue weighted by Crippen LogP contribution is 2.41. The molecule has 0 saturated carbocycles. The van der Waals surface area contributed by atoms with Crippen LogP contribution in [-0.4, -0.2) is 18.3 Å². The highest BCUT2D eigenvalue weighted by atomic mass is 19.4. The summed E-state index contributed by atoms with van der Waals surface area (Å²) >= 11 is 0. The Kier molecular flexibility index (Phi) is 3.27. The topological polar surface area (TPSA) is 73.6 Å². The van der Waals surface area contributed by atoms with Crippen molar-refractivity contribution in [1.82, 2.24) is 0 Å². The predicted molar refractivity (Wildman–Crippen MR) is 65.3 cm³/mol. The zero-order valence-electron chi connectivity index (χ0n) is 10.5. The Bertz CT molecular complexity index is 558. The van der Waals surface area contributed by atoms with Gasteiger partial charge in [-0.3, -0.25) is 0 Å². The van der Waals surface area contributed by atoms with E-state index in [-0.39, 0.29) is 11.3 Å². The number of anilines is 1. The van der Waals surface area contributed by atoms with E-state index in [1.165, 1.54) is 25.1 Å². The predicted octanol–water partition coefficient (Wildman–Crippen LogP) is 2.29. The van der Waals surface area contributed by atoms with Crippen LogP contribution in [0, 0.1) is 5.82 Å². The molecular weight excluding hydrogens is 278 g/mol. The van der Waals surface area contributed by atoms with Crippen LogP contribution in [0.3, 0.4) is 0 Å². The molecule has 0 fully saturated rings. The molecule has 0 radical (unpaired) electrons. The van der Waals surface area contributed by atoms with Crippen molar-refractivity contribution in [2.45, 2.75) is 31.2 Å². The lowest BCUT2D eigenvalue weighted by Crippen LogP contribution is -2.46. The summed E-state index contributed by atoms with van der Waals surface area (Å²) in [4.78, 5) is 3.83. The molecule has 110 valence electrons. The molecule has 0 amide bonds. The number of ether oxygens (including phenoxy) is 1. The van der Waals surface area contributed by atoms with Crippen LogP contribution < -0.4 is 11.5 Å². The highest BCUT2D eigenvalue weighted by Gasteiger charge is 2.50. The largest absolute Gasteiger partial charge is 0.452 e. The molecule has 8 heteroatoms. The third kappa shape index (κ3) is 2.50. The number of hydrogen-bond acceptors (Lipinski definition) is 4. The van der Waals surface area contributed by atoms with Gasteiger partial charge in [-0.25, -0.2) is 9.38 Å². The number of aliphatic imine (C=N–C) groups is 1. The minimum Gasteiger partial charge on any atom is -0.452 e. The Hall–Kier alpha value is -1.99. The lowest BCUT2D eigenvalue weighted by Gasteiger charge is -2.35. The van der Waals surface area contributed by atoms with Gasteiger partial charge in [0.15, 0.2) is 11.9 Å². The molecule has 1 aliphatic heterocycles. The van der Waals surface area contributed by atoms with Gasteiger partial charge in [-0.1, -0.05) is 12.1 Å². The number of nitrogens with zero attached hydrogens (tertiary/aromatic N) is 1. The van der Waals surface area contributed by atoms with Gasteiger partial charge in [-0.2, -0.15) is 13.2 Å². The quantitative estimate of drug-likeness (QED) is 0.616. The Labute approximate surface area is 112 Å². The van der Waals surface area contributed by atoms with E-state index >= 15 is 0 Å². The first-order valence-corrected chi connectivity index (χ1v) is 5.76. The molecule has 0 aliphatic carbocycles. The van der Waals surface area contributed by atoms with E-state index in [2.05, 4.69) is 9.73 Å². The maximum atomic E-state index is 14.0. The molecule has 0 spiro atoms. The van der Waals surface area contributed by atoms with Crippen LogP contribution in [0.2, 0.25) is 0 Å². The number of nitrogen functional groups attached to an aromatic ring is 1. The zero-order valence-corrected chi connectivity index (χ0v) is 10.5. The van der Waals surface area contributed by atoms with E-state index in [9.17, 15) is 17.6 Å². The van der Waals surface area contributed by atoms with Gasteiger partial charge in [0, 0.05) is 12.0 Å². The van der Waals surface area contributed by atoms with Gasteiger partial charge in [0.2, 0.25) is 0 Å². The Morgan fingerprint density at radius 1 is 1.35 bits per heavy atom. The summed E-state index contributed by atoms with van der Waals surface area (Å²) in [5.41, 5.74) is 9.04. The van der Waals surface area contributed by atoms with Crippen LogP contribution in [0.4, 0.5) is 23.2 Å². The molecule has 4 nitrogen and oxygen atoms in total. The van der Waals surface area contributed by atoms with Crippen molar-refractivity contribution in [2.24, 2.45) is 10.7 Å². The summed E-state index contributed by atoms with van der Waals surface area (Å²) in [7, 11) is 0. The van der Waals surface area contributed by atoms with E-state index in [0.717, 1.165) is 0 Å². The van der Waals surface area contributed by atoms with Crippen molar-refractivity contribution in [3.05, 3.63) is 29.6 Å². The Morgan fingerprint density at radius 2 is 2.00 bits per heavy atom. The number of alkyl halides is 3. The van der Waals surface area contributed by atoms with Gasteiger partial charge in [0.05, 0.1) is 11.2 Å². The SMILES string of the molecule is CC1(c2cccc(N)c2F)CC(C(F)(F)F)OC(N)=N1. The molecule has 1 aromatic carbocycles. The van der Waals surface area contributed by atoms with Gasteiger partial charge < -0.3 is 16.2 Å². The van der Waals surface area contributed by atoms with Crippen LogP contribution in [0.25, 0.3) is 0 Å². The molecule has 20 heavy (non-hydrogen) atoms. The van der Waals surface area contributed by atoms with Crippen molar-refractivity contribution in [2.75, 3.05) is 5.73 Å². The lowest BCUT2D eigenvalue weighted by atomic mass is 9.85. The summed E-state index contributed by atoms with van der Waals surface area (Å²) < 4.78 is 56.9. The van der Waals surface area contributed by atoms with Gasteiger partial charge in [0.25, 0.3) is 6.02 Å². The summed E-state index contributed by atoms with van der Waals surface area (Å²) in [6.45, 7) is 1.36. The van der Waals surface area contributed by atoms with Crippen molar-refractivity contribution in [3.8, 4) is 0 Å². The fourth-order valence-corrected chi connectivity index (χ4v) is 2.18. The summed E-state index contributed by atoms with van der Waals surface area (Å²) in [6.07, 6.45) is -7.32. The van der Waals surface area contributed by atoms with Crippen molar-refractivity contribution in [1.29, 1.82) is 0 Å². The van der Waals surface area contributed by atoms with Crippen molar-refractivity contribution in [3.63, 3.8) is 0 Å². The van der Waals surface area contributed by atoms with E-state index in [0.29, 0.717) is 0 Å². The van der Waals surface area contributed by atoms with Crippen molar-refractivity contribution < 1.29 is 22.3 Å². The first kappa shape index (κ1) is 14.4. The third-order valence-corrected chi connectivity index (χ3v) is 3.18. The maximum Gasteiger partial charge on any atom is 0.425 e. The Balaban J connectivity index is 2.48. The Morgan fingerprint density at radius 3 is 2.60 bits per heavy atom. The molecule has 1 aromatic rings. The molecule has 4 N–H and O–H groups in total. The molecule has 2 atom stereocenters. The van der Waals surface area contributed by atoms with Crippen LogP contribution in [-0.2, 0) is 10.3 Å². The van der Waals surface area contributed by atoms with Crippen molar-refractivity contribution >= 4 is 11.7 Å². The normalized spacial score (nSPS) is 26.9. The second kappa shape index (κ2) is 4.53. The summed E-state index contributed by atoms with van der Waals surface area (Å²) in [5, 5.41) is 0. The summed E-state index contributed by atoms with van der Waals surface area (Å²) in [5.74, 6) is -0.797. The number of rotatable bonds is 1. The number of amidine groups is 1. The standard InChI is InChI=1S/C12H13F4N3O/c1-11(6-3-2-4-7(17)9(6)13)5-8(12(14,15)16)20-10(18)19-11/h2-4,8H,5,17H2,1H3,(H2,18,19). The minimum atomic E-state index is -4.61. The smallest absolute Gasteiger partial charge is 0.425 e.